The Balaban J connectivity index is 4.48. The molecule has 0 aliphatic heterocycles. The lowest BCUT2D eigenvalue weighted by Gasteiger charge is -2.24. The number of likely N-dealkylation sites (N-methyl/N-ethyl adjacent to an activating group) is 1. The van der Waals surface area contributed by atoms with Crippen molar-refractivity contribution >= 4 is 19.8 Å². The number of carbonyl (C=O) groups excluding carboxylic acids is 2. The number of phosphoric acid groups is 1. The summed E-state index contributed by atoms with van der Waals surface area (Å²) < 4.78 is 33.5. The van der Waals surface area contributed by atoms with Gasteiger partial charge in [0, 0.05) is 12.8 Å². The molecule has 38 heavy (non-hydrogen) atoms. The molecule has 0 saturated carbocycles. The lowest BCUT2D eigenvalue weighted by Crippen LogP contribution is -2.37. The summed E-state index contributed by atoms with van der Waals surface area (Å²) in [6.45, 7) is 4.14. The molecule has 0 bridgehead atoms. The van der Waals surface area contributed by atoms with Gasteiger partial charge >= 0.3 is 19.8 Å². The zero-order chi connectivity index (χ0) is 28.7. The zero-order valence-electron chi connectivity index (χ0n) is 24.7. The van der Waals surface area contributed by atoms with Gasteiger partial charge in [0.15, 0.2) is 6.10 Å². The fourth-order valence-electron chi connectivity index (χ4n) is 3.40. The number of phosphoric ester groups is 1. The first-order valence-corrected chi connectivity index (χ1v) is 15.9. The van der Waals surface area contributed by atoms with Crippen molar-refractivity contribution in [3.05, 3.63) is 12.2 Å². The molecule has 0 amide bonds. The van der Waals surface area contributed by atoms with Crippen molar-refractivity contribution < 1.29 is 42.1 Å². The van der Waals surface area contributed by atoms with Crippen molar-refractivity contribution in [2.45, 2.75) is 110 Å². The normalized spacial score (nSPS) is 14.4. The first-order valence-electron chi connectivity index (χ1n) is 14.4. The van der Waals surface area contributed by atoms with E-state index in [0.717, 1.165) is 57.8 Å². The standard InChI is InChI=1S/C28H54NO8P/c1-6-8-10-11-12-13-14-15-16-17-19-21-28(31)37-26(24-34-27(30)20-18-9-7-2)25-36-38(32,33)35-23-22-29(3,4)5/h11-12,26H,6-10,13-25H2,1-5H3/p+1/b12-11-. The highest BCUT2D eigenvalue weighted by Crippen LogP contribution is 2.43. The molecule has 224 valence electrons. The SMILES string of the molecule is CCCC/C=C\CCCCCCCC(=O)OC(COC(=O)CCCCC)COP(=O)(O)OCC[N+](C)(C)C. The monoisotopic (exact) mass is 564 g/mol. The lowest BCUT2D eigenvalue weighted by atomic mass is 10.1. The number of unbranched alkanes of at least 4 members (excludes halogenated alkanes) is 9. The third-order valence-corrected chi connectivity index (χ3v) is 6.78. The number of allylic oxidation sites excluding steroid dienone is 2. The lowest BCUT2D eigenvalue weighted by molar-refractivity contribution is -0.870. The molecule has 9 nitrogen and oxygen atoms in total. The highest BCUT2D eigenvalue weighted by molar-refractivity contribution is 7.47. The molecule has 0 aromatic heterocycles. The average molecular weight is 565 g/mol. The van der Waals surface area contributed by atoms with Crippen LogP contribution in [0.4, 0.5) is 0 Å². The maximum Gasteiger partial charge on any atom is 0.472 e. The van der Waals surface area contributed by atoms with Crippen LogP contribution in [-0.4, -0.2) is 74.9 Å². The molecule has 0 aliphatic carbocycles. The van der Waals surface area contributed by atoms with Gasteiger partial charge in [0.1, 0.15) is 19.8 Å². The number of nitrogens with zero attached hydrogens (tertiary/aromatic N) is 1. The van der Waals surface area contributed by atoms with Crippen LogP contribution in [0.25, 0.3) is 0 Å². The molecule has 0 spiro atoms. The van der Waals surface area contributed by atoms with E-state index in [1.165, 1.54) is 12.8 Å². The van der Waals surface area contributed by atoms with E-state index in [-0.39, 0.29) is 26.1 Å². The summed E-state index contributed by atoms with van der Waals surface area (Å²) in [6, 6.07) is 0. The number of rotatable bonds is 25. The van der Waals surface area contributed by atoms with E-state index in [9.17, 15) is 19.0 Å². The fourth-order valence-corrected chi connectivity index (χ4v) is 4.14. The van der Waals surface area contributed by atoms with Crippen molar-refractivity contribution in [1.82, 2.24) is 0 Å². The van der Waals surface area contributed by atoms with Gasteiger partial charge in [-0.2, -0.15) is 0 Å². The molecule has 0 aromatic carbocycles. The van der Waals surface area contributed by atoms with Crippen molar-refractivity contribution in [3.8, 4) is 0 Å². The van der Waals surface area contributed by atoms with Gasteiger partial charge < -0.3 is 18.9 Å². The highest BCUT2D eigenvalue weighted by atomic mass is 31.2. The van der Waals surface area contributed by atoms with Crippen LogP contribution in [0, 0.1) is 0 Å². The van der Waals surface area contributed by atoms with Crippen LogP contribution in [-0.2, 0) is 32.7 Å². The predicted molar refractivity (Wildman–Crippen MR) is 151 cm³/mol. The molecule has 0 rings (SSSR count). The molecule has 0 saturated heterocycles. The second kappa shape index (κ2) is 22.6. The molecule has 0 radical (unpaired) electrons. The number of esters is 2. The van der Waals surface area contributed by atoms with Gasteiger partial charge in [0.25, 0.3) is 0 Å². The van der Waals surface area contributed by atoms with Gasteiger partial charge in [-0.25, -0.2) is 4.57 Å². The van der Waals surface area contributed by atoms with Gasteiger partial charge in [-0.1, -0.05) is 70.9 Å². The molecule has 0 fully saturated rings. The van der Waals surface area contributed by atoms with Gasteiger partial charge in [-0.3, -0.25) is 18.6 Å². The Bertz CT molecular complexity index is 693. The molecular formula is C28H55NO8P+. The summed E-state index contributed by atoms with van der Waals surface area (Å²) in [6.07, 6.45) is 16.3. The summed E-state index contributed by atoms with van der Waals surface area (Å²) in [5.74, 6) is -0.843. The van der Waals surface area contributed by atoms with Crippen LogP contribution in [0.2, 0.25) is 0 Å². The van der Waals surface area contributed by atoms with E-state index < -0.39 is 32.5 Å². The first kappa shape index (κ1) is 36.8. The summed E-state index contributed by atoms with van der Waals surface area (Å²) >= 11 is 0. The van der Waals surface area contributed by atoms with Crippen LogP contribution < -0.4 is 0 Å². The van der Waals surface area contributed by atoms with Crippen molar-refractivity contribution in [2.75, 3.05) is 47.5 Å². The summed E-state index contributed by atoms with van der Waals surface area (Å²) in [5, 5.41) is 0. The Labute approximate surface area is 231 Å². The zero-order valence-corrected chi connectivity index (χ0v) is 25.6. The Morgan fingerprint density at radius 2 is 1.37 bits per heavy atom. The van der Waals surface area contributed by atoms with E-state index in [4.69, 9.17) is 18.5 Å². The minimum Gasteiger partial charge on any atom is -0.462 e. The van der Waals surface area contributed by atoms with Gasteiger partial charge in [0.2, 0.25) is 0 Å². The Hall–Kier alpha value is -1.25. The average Bonchev–Trinajstić information content (AvgIpc) is 2.83. The molecule has 1 N–H and O–H groups in total. The summed E-state index contributed by atoms with van der Waals surface area (Å²) in [5.41, 5.74) is 0. The Morgan fingerprint density at radius 3 is 2.03 bits per heavy atom. The Morgan fingerprint density at radius 1 is 0.789 bits per heavy atom. The van der Waals surface area contributed by atoms with Crippen LogP contribution in [0.3, 0.4) is 0 Å². The summed E-state index contributed by atoms with van der Waals surface area (Å²) in [4.78, 5) is 34.4. The number of hydrogen-bond donors (Lipinski definition) is 1. The molecule has 10 heteroatoms. The quantitative estimate of drug-likeness (QED) is 0.0450. The number of ether oxygens (including phenoxy) is 2. The van der Waals surface area contributed by atoms with Crippen LogP contribution in [0.1, 0.15) is 104 Å². The minimum absolute atomic E-state index is 0.0310. The van der Waals surface area contributed by atoms with E-state index in [1.807, 2.05) is 28.1 Å². The third kappa shape index (κ3) is 25.1. The minimum atomic E-state index is -4.34. The molecule has 0 heterocycles. The molecular weight excluding hydrogens is 509 g/mol. The number of quaternary nitrogens is 1. The maximum absolute atomic E-state index is 12.4. The van der Waals surface area contributed by atoms with Gasteiger partial charge in [-0.15, -0.1) is 0 Å². The first-order chi connectivity index (χ1) is 18.0. The van der Waals surface area contributed by atoms with Crippen molar-refractivity contribution in [2.24, 2.45) is 0 Å². The van der Waals surface area contributed by atoms with Crippen molar-refractivity contribution in [1.29, 1.82) is 0 Å². The maximum atomic E-state index is 12.4. The molecule has 0 aliphatic rings. The molecule has 2 atom stereocenters. The van der Waals surface area contributed by atoms with Crippen LogP contribution in [0.15, 0.2) is 12.2 Å². The van der Waals surface area contributed by atoms with Gasteiger partial charge in [-0.05, 0) is 32.1 Å². The topological polar surface area (TPSA) is 108 Å². The summed E-state index contributed by atoms with van der Waals surface area (Å²) in [7, 11) is 1.46. The smallest absolute Gasteiger partial charge is 0.462 e. The second-order valence-corrected chi connectivity index (χ2v) is 12.2. The Kier molecular flexibility index (Phi) is 21.8. The van der Waals surface area contributed by atoms with Gasteiger partial charge in [0.05, 0.1) is 27.7 Å². The predicted octanol–water partition coefficient (Wildman–Crippen LogP) is 6.34. The number of carbonyl (C=O) groups is 2. The van der Waals surface area contributed by atoms with E-state index in [1.54, 1.807) is 0 Å². The van der Waals surface area contributed by atoms with Crippen LogP contribution in [0.5, 0.6) is 0 Å². The highest BCUT2D eigenvalue weighted by Gasteiger charge is 2.27. The van der Waals surface area contributed by atoms with E-state index in [2.05, 4.69) is 19.1 Å². The largest absolute Gasteiger partial charge is 0.472 e. The molecule has 0 aromatic rings. The second-order valence-electron chi connectivity index (χ2n) is 10.8. The third-order valence-electron chi connectivity index (χ3n) is 5.80. The fraction of sp³-hybridized carbons (Fsp3) is 0.857. The number of hydrogen-bond acceptors (Lipinski definition) is 7. The van der Waals surface area contributed by atoms with E-state index >= 15 is 0 Å². The molecule has 2 unspecified atom stereocenters. The van der Waals surface area contributed by atoms with Crippen molar-refractivity contribution in [3.63, 3.8) is 0 Å². The van der Waals surface area contributed by atoms with Crippen LogP contribution >= 0.6 is 7.82 Å². The van der Waals surface area contributed by atoms with E-state index in [0.29, 0.717) is 17.4 Å².